The molecular weight excluding hydrogens is 264 g/mol. The zero-order valence-corrected chi connectivity index (χ0v) is 12.0. The first-order valence-corrected chi connectivity index (χ1v) is 6.54. The number of aryl methyl sites for hydroxylation is 2. The highest BCUT2D eigenvalue weighted by atomic mass is 16.2. The van der Waals surface area contributed by atoms with Crippen LogP contribution in [0.1, 0.15) is 27.2 Å². The van der Waals surface area contributed by atoms with Crippen LogP contribution in [0.4, 0.5) is 5.69 Å². The Kier molecular flexibility index (Phi) is 4.70. The van der Waals surface area contributed by atoms with Gasteiger partial charge in [0.05, 0.1) is 0 Å². The van der Waals surface area contributed by atoms with Crippen LogP contribution in [-0.4, -0.2) is 22.6 Å². The van der Waals surface area contributed by atoms with E-state index in [-0.39, 0.29) is 12.5 Å². The number of carbonyl (C=O) groups is 1. The molecule has 0 aliphatic rings. The van der Waals surface area contributed by atoms with Crippen molar-refractivity contribution < 1.29 is 9.90 Å². The number of nitrogens with zero attached hydrogens (tertiary/aromatic N) is 1. The molecule has 0 saturated carbocycles. The molecule has 1 aromatic carbocycles. The third-order valence-corrected chi connectivity index (χ3v) is 2.96. The average molecular weight is 280 g/mol. The maximum atomic E-state index is 12.2. The van der Waals surface area contributed by atoms with E-state index >= 15 is 0 Å². The summed E-state index contributed by atoms with van der Waals surface area (Å²) < 4.78 is 0. The second-order valence-electron chi connectivity index (χ2n) is 4.63. The maximum absolute atomic E-state index is 12.2. The first-order valence-electron chi connectivity index (χ1n) is 6.54. The van der Waals surface area contributed by atoms with Crippen LogP contribution in [0.5, 0.6) is 0 Å². The predicted molar refractivity (Wildman–Crippen MR) is 82.1 cm³/mol. The van der Waals surface area contributed by atoms with Crippen molar-refractivity contribution >= 4 is 11.6 Å². The summed E-state index contributed by atoms with van der Waals surface area (Å²) in [7, 11) is 0. The van der Waals surface area contributed by atoms with Gasteiger partial charge in [-0.05, 0) is 43.7 Å². The number of amides is 1. The SMILES string of the molecule is Cc1cc(NC(=O)c2ccc(C)c(C#CCO)c2)ccn1. The van der Waals surface area contributed by atoms with Gasteiger partial charge in [0, 0.05) is 28.7 Å². The highest BCUT2D eigenvalue weighted by Crippen LogP contribution is 2.13. The van der Waals surface area contributed by atoms with Gasteiger partial charge in [-0.3, -0.25) is 9.78 Å². The topological polar surface area (TPSA) is 62.2 Å². The second kappa shape index (κ2) is 6.69. The summed E-state index contributed by atoms with van der Waals surface area (Å²) in [5, 5.41) is 11.6. The summed E-state index contributed by atoms with van der Waals surface area (Å²) in [6.45, 7) is 3.57. The lowest BCUT2D eigenvalue weighted by molar-refractivity contribution is 0.102. The Morgan fingerprint density at radius 3 is 2.81 bits per heavy atom. The number of aliphatic hydroxyl groups excluding tert-OH is 1. The fourth-order valence-corrected chi connectivity index (χ4v) is 1.86. The van der Waals surface area contributed by atoms with Crippen molar-refractivity contribution in [3.05, 3.63) is 58.9 Å². The predicted octanol–water partition coefficient (Wildman–Crippen LogP) is 2.29. The van der Waals surface area contributed by atoms with Crippen molar-refractivity contribution in [1.82, 2.24) is 4.98 Å². The van der Waals surface area contributed by atoms with Crippen LogP contribution >= 0.6 is 0 Å². The van der Waals surface area contributed by atoms with Gasteiger partial charge in [-0.2, -0.15) is 0 Å². The van der Waals surface area contributed by atoms with E-state index in [0.717, 1.165) is 16.8 Å². The third-order valence-electron chi connectivity index (χ3n) is 2.96. The van der Waals surface area contributed by atoms with E-state index < -0.39 is 0 Å². The molecule has 2 rings (SSSR count). The summed E-state index contributed by atoms with van der Waals surface area (Å²) in [5.41, 5.74) is 3.77. The summed E-state index contributed by atoms with van der Waals surface area (Å²) in [6, 6.07) is 8.86. The molecule has 0 unspecified atom stereocenters. The van der Waals surface area contributed by atoms with E-state index in [4.69, 9.17) is 5.11 Å². The summed E-state index contributed by atoms with van der Waals surface area (Å²) in [4.78, 5) is 16.3. The Morgan fingerprint density at radius 1 is 1.29 bits per heavy atom. The highest BCUT2D eigenvalue weighted by molar-refractivity contribution is 6.04. The van der Waals surface area contributed by atoms with Crippen molar-refractivity contribution in [1.29, 1.82) is 0 Å². The molecule has 0 atom stereocenters. The number of carbonyl (C=O) groups excluding carboxylic acids is 1. The molecule has 0 fully saturated rings. The molecule has 0 bridgehead atoms. The minimum absolute atomic E-state index is 0.201. The number of hydrogen-bond acceptors (Lipinski definition) is 3. The first-order chi connectivity index (χ1) is 10.1. The van der Waals surface area contributed by atoms with Gasteiger partial charge in [0.1, 0.15) is 6.61 Å². The van der Waals surface area contributed by atoms with E-state index in [0.29, 0.717) is 11.3 Å². The highest BCUT2D eigenvalue weighted by Gasteiger charge is 2.08. The zero-order chi connectivity index (χ0) is 15.2. The molecule has 0 aliphatic carbocycles. The molecular formula is C17H16N2O2. The monoisotopic (exact) mass is 280 g/mol. The minimum Gasteiger partial charge on any atom is -0.384 e. The van der Waals surface area contributed by atoms with Gasteiger partial charge in [-0.25, -0.2) is 0 Å². The Labute approximate surface area is 123 Å². The van der Waals surface area contributed by atoms with Crippen molar-refractivity contribution in [3.63, 3.8) is 0 Å². The Bertz CT molecular complexity index is 727. The van der Waals surface area contributed by atoms with Gasteiger partial charge in [0.25, 0.3) is 5.91 Å². The molecule has 4 nitrogen and oxygen atoms in total. The average Bonchev–Trinajstić information content (AvgIpc) is 2.46. The van der Waals surface area contributed by atoms with Gasteiger partial charge < -0.3 is 10.4 Å². The lowest BCUT2D eigenvalue weighted by Gasteiger charge is -2.07. The molecule has 2 N–H and O–H groups in total. The summed E-state index contributed by atoms with van der Waals surface area (Å²) >= 11 is 0. The molecule has 0 radical (unpaired) electrons. The van der Waals surface area contributed by atoms with E-state index in [9.17, 15) is 4.79 Å². The quantitative estimate of drug-likeness (QED) is 0.830. The van der Waals surface area contributed by atoms with Crippen LogP contribution in [0, 0.1) is 25.7 Å². The van der Waals surface area contributed by atoms with Crippen molar-refractivity contribution in [2.75, 3.05) is 11.9 Å². The molecule has 0 saturated heterocycles. The van der Waals surface area contributed by atoms with Crippen LogP contribution in [0.2, 0.25) is 0 Å². The molecule has 0 spiro atoms. The van der Waals surface area contributed by atoms with Crippen LogP contribution in [-0.2, 0) is 0 Å². The second-order valence-corrected chi connectivity index (χ2v) is 4.63. The maximum Gasteiger partial charge on any atom is 0.255 e. The smallest absolute Gasteiger partial charge is 0.255 e. The lowest BCUT2D eigenvalue weighted by atomic mass is 10.0. The minimum atomic E-state index is -0.202. The molecule has 1 amide bonds. The van der Waals surface area contributed by atoms with E-state index in [2.05, 4.69) is 22.1 Å². The lowest BCUT2D eigenvalue weighted by Crippen LogP contribution is -2.12. The number of benzene rings is 1. The van der Waals surface area contributed by atoms with Gasteiger partial charge in [0.15, 0.2) is 0 Å². The number of rotatable bonds is 2. The number of pyridine rings is 1. The Balaban J connectivity index is 2.23. The Hall–Kier alpha value is -2.64. The van der Waals surface area contributed by atoms with Crippen molar-refractivity contribution in [3.8, 4) is 11.8 Å². The fraction of sp³-hybridized carbons (Fsp3) is 0.176. The first kappa shape index (κ1) is 14.8. The summed E-state index contributed by atoms with van der Waals surface area (Å²) in [6.07, 6.45) is 1.65. The van der Waals surface area contributed by atoms with E-state index in [1.54, 1.807) is 30.5 Å². The molecule has 1 heterocycles. The normalized spacial score (nSPS) is 9.67. The van der Waals surface area contributed by atoms with Gasteiger partial charge in [0.2, 0.25) is 0 Å². The van der Waals surface area contributed by atoms with Crippen LogP contribution < -0.4 is 5.32 Å². The number of anilines is 1. The van der Waals surface area contributed by atoms with Gasteiger partial charge in [-0.15, -0.1) is 0 Å². The molecule has 4 heteroatoms. The third kappa shape index (κ3) is 3.91. The zero-order valence-electron chi connectivity index (χ0n) is 12.0. The molecule has 2 aromatic rings. The number of nitrogens with one attached hydrogen (secondary N) is 1. The number of hydrogen-bond donors (Lipinski definition) is 2. The molecule has 1 aromatic heterocycles. The van der Waals surface area contributed by atoms with Crippen molar-refractivity contribution in [2.45, 2.75) is 13.8 Å². The van der Waals surface area contributed by atoms with E-state index in [1.807, 2.05) is 19.9 Å². The number of aromatic nitrogens is 1. The van der Waals surface area contributed by atoms with Crippen LogP contribution in [0.15, 0.2) is 36.5 Å². The summed E-state index contributed by atoms with van der Waals surface area (Å²) in [5.74, 6) is 5.23. The fourth-order valence-electron chi connectivity index (χ4n) is 1.86. The van der Waals surface area contributed by atoms with Crippen LogP contribution in [0.25, 0.3) is 0 Å². The van der Waals surface area contributed by atoms with Gasteiger partial charge in [-0.1, -0.05) is 17.9 Å². The van der Waals surface area contributed by atoms with Crippen molar-refractivity contribution in [2.24, 2.45) is 0 Å². The molecule has 21 heavy (non-hydrogen) atoms. The number of aliphatic hydroxyl groups is 1. The molecule has 106 valence electrons. The Morgan fingerprint density at radius 2 is 2.10 bits per heavy atom. The molecule has 0 aliphatic heterocycles. The standard InChI is InChI=1S/C17H16N2O2/c1-12-5-6-15(11-14(12)4-3-9-20)17(21)19-16-7-8-18-13(2)10-16/h5-8,10-11,20H,9H2,1-2H3,(H,18,19,21). The van der Waals surface area contributed by atoms with E-state index in [1.165, 1.54) is 0 Å². The largest absolute Gasteiger partial charge is 0.384 e. The van der Waals surface area contributed by atoms with Gasteiger partial charge >= 0.3 is 0 Å². The van der Waals surface area contributed by atoms with Crippen LogP contribution in [0.3, 0.4) is 0 Å².